The highest BCUT2D eigenvalue weighted by molar-refractivity contribution is 6.74. The van der Waals surface area contributed by atoms with Crippen molar-refractivity contribution in [1.29, 1.82) is 0 Å². The number of carbonyl (C=O) groups excluding carboxylic acids is 6. The third kappa shape index (κ3) is 19.5. The van der Waals surface area contributed by atoms with Gasteiger partial charge in [-0.2, -0.15) is 0 Å². The van der Waals surface area contributed by atoms with E-state index in [2.05, 4.69) is 65.7 Å². The number of anilines is 10. The van der Waals surface area contributed by atoms with Crippen LogP contribution in [0.5, 0.6) is 0 Å². The molecule has 0 radical (unpaired) electrons. The van der Waals surface area contributed by atoms with Crippen molar-refractivity contribution in [1.82, 2.24) is 34.7 Å². The topological polar surface area (TPSA) is 347 Å². The molecule has 5 saturated heterocycles. The highest BCUT2D eigenvalue weighted by atomic mass is 28.4. The third-order valence-corrected chi connectivity index (χ3v) is 19.2. The van der Waals surface area contributed by atoms with E-state index in [1.54, 1.807) is 119 Å². The molecule has 0 aliphatic carbocycles. The van der Waals surface area contributed by atoms with Crippen LogP contribution in [-0.4, -0.2) is 170 Å². The molecule has 0 saturated carbocycles. The summed E-state index contributed by atoms with van der Waals surface area (Å²) >= 11 is 0. The molecule has 0 aromatic carbocycles. The summed E-state index contributed by atoms with van der Waals surface area (Å²) < 4.78 is 16.7. The van der Waals surface area contributed by atoms with Crippen LogP contribution in [-0.2, 0) is 37.9 Å². The average Bonchev–Trinajstić information content (AvgIpc) is 3.15. The average molecular weight is 1200 g/mol. The lowest BCUT2D eigenvalue weighted by Gasteiger charge is -2.41. The zero-order valence-electron chi connectivity index (χ0n) is 51.1. The number of likely N-dealkylation sites (N-methyl/N-ethyl adjacent to an activating group) is 1. The lowest BCUT2D eigenvalue weighted by molar-refractivity contribution is -0.126. The fourth-order valence-electron chi connectivity index (χ4n) is 8.98. The summed E-state index contributed by atoms with van der Waals surface area (Å²) in [6.07, 6.45) is 9.59. The van der Waals surface area contributed by atoms with Crippen LogP contribution in [0.25, 0.3) is 0 Å². The number of morpholine rings is 1. The number of amides is 6. The summed E-state index contributed by atoms with van der Waals surface area (Å²) in [5.74, 6) is 2.87. The molecule has 5 aromatic heterocycles. The Kier molecular flexibility index (Phi) is 22.9. The molecule has 10 heterocycles. The van der Waals surface area contributed by atoms with Crippen LogP contribution in [0, 0.1) is 5.92 Å². The molecule has 5 fully saturated rings. The van der Waals surface area contributed by atoms with Gasteiger partial charge in [0.2, 0.25) is 23.6 Å². The minimum Gasteiger partial charge on any atom is -0.444 e. The number of carbonyl (C=O) groups is 6. The van der Waals surface area contributed by atoms with Crippen LogP contribution in [0.15, 0.2) is 91.6 Å². The maximum atomic E-state index is 12.4. The van der Waals surface area contributed by atoms with Crippen molar-refractivity contribution in [3.63, 3.8) is 0 Å². The van der Waals surface area contributed by atoms with E-state index in [0.717, 1.165) is 42.3 Å². The van der Waals surface area contributed by atoms with Crippen molar-refractivity contribution in [2.24, 2.45) is 5.92 Å². The fraction of sp³-hybridized carbons (Fsp3) is 0.475. The standard InChI is InChI=1S/C16H27N3O2Si.C14H20N4O3.C10H14N4O.C10H13N3O.C9H11N3O2/c1-16(2,3)22(4,5)21-13-8-9-19(15(20)10-13)12-6-7-14(17)18-11-12;1-14(2,3)21-13(20)17-6-7-18(12(19)9-17)10-4-5-11(15)16-8-10;1-13-4-5-14(10(15)7-13)8-2-3-9(11)12-6-8;1-7-4-10(14)13(6-7)8-2-3-9(11)12-5-8;10-8-2-1-7(5-11-8)12-3-4-14-6-9(12)13/h6-7,11,13H,8-10H2,1-5H3,(H2,17,18);4-5,8H,6-7,9H2,1-3H3,(H2,15,16);2-3,6H,4-5,7H2,1H3,(H2,11,12);2-3,5,7H,4,6H2,1H3,(H2,11,12);1-2,5H,3-4,6H2,(H2,10,11)/t13-;;;7-;/m0..1./s1. The zero-order chi connectivity index (χ0) is 63.1. The first-order valence-electron chi connectivity index (χ1n) is 28.5. The highest BCUT2D eigenvalue weighted by Gasteiger charge is 2.41. The van der Waals surface area contributed by atoms with Crippen molar-refractivity contribution in [3.05, 3.63) is 91.6 Å². The largest absolute Gasteiger partial charge is 0.444 e. The summed E-state index contributed by atoms with van der Waals surface area (Å²) in [5, 5.41) is 0.161. The minimum absolute atomic E-state index is 0.000705. The van der Waals surface area contributed by atoms with E-state index in [4.69, 9.17) is 42.6 Å². The number of nitrogen functional groups attached to an aromatic ring is 5. The predicted molar refractivity (Wildman–Crippen MR) is 336 cm³/mol. The Morgan fingerprint density at radius 2 is 0.942 bits per heavy atom. The number of nitrogens with zero attached hydrogens (tertiary/aromatic N) is 12. The number of hydrogen-bond acceptors (Lipinski definition) is 20. The molecule has 10 rings (SSSR count). The molecule has 5 aromatic rings. The quantitative estimate of drug-likeness (QED) is 0.127. The summed E-state index contributed by atoms with van der Waals surface area (Å²) in [7, 11) is 0.111. The molecule has 27 heteroatoms. The van der Waals surface area contributed by atoms with Crippen LogP contribution in [0.2, 0.25) is 18.1 Å². The Bertz CT molecular complexity index is 3020. The van der Waals surface area contributed by atoms with Crippen molar-refractivity contribution >= 4 is 101 Å². The Hall–Kier alpha value is -8.53. The molecule has 464 valence electrons. The van der Waals surface area contributed by atoms with Crippen molar-refractivity contribution in [3.8, 4) is 0 Å². The number of hydrogen-bond donors (Lipinski definition) is 5. The Labute approximate surface area is 504 Å². The van der Waals surface area contributed by atoms with E-state index in [-0.39, 0.29) is 53.8 Å². The maximum Gasteiger partial charge on any atom is 0.410 e. The van der Waals surface area contributed by atoms with Gasteiger partial charge in [-0.25, -0.2) is 29.7 Å². The van der Waals surface area contributed by atoms with E-state index < -0.39 is 20.0 Å². The molecule has 5 aliphatic heterocycles. The molecule has 0 unspecified atom stereocenters. The number of nitrogens with two attached hydrogens (primary N) is 5. The minimum atomic E-state index is -1.83. The zero-order valence-corrected chi connectivity index (χ0v) is 52.1. The summed E-state index contributed by atoms with van der Waals surface area (Å²) in [6, 6.07) is 17.5. The van der Waals surface area contributed by atoms with Crippen LogP contribution in [0.4, 0.5) is 62.3 Å². The van der Waals surface area contributed by atoms with Gasteiger partial charge in [0.1, 0.15) is 47.8 Å². The first-order valence-corrected chi connectivity index (χ1v) is 31.4. The SMILES string of the molecule is CC(C)(C)OC(=O)N1CCN(c2ccc(N)nc2)C(=O)C1.CC(C)(C)[Si](C)(C)O[C@H]1CCN(c2ccc(N)nc2)C(=O)C1.CN1CCN(c2ccc(N)nc2)C(=O)C1.C[C@@H]1CC(=O)N(c2ccc(N)nc2)C1.Nc1ccc(N2CCOCC2=O)cn1. The van der Waals surface area contributed by atoms with E-state index in [0.29, 0.717) is 99.4 Å². The van der Waals surface area contributed by atoms with Gasteiger partial charge in [-0.15, -0.1) is 0 Å². The lowest BCUT2D eigenvalue weighted by atomic mass is 10.1. The predicted octanol–water partition coefficient (Wildman–Crippen LogP) is 5.43. The van der Waals surface area contributed by atoms with E-state index >= 15 is 0 Å². The number of piperazine rings is 2. The highest BCUT2D eigenvalue weighted by Crippen LogP contribution is 2.39. The van der Waals surface area contributed by atoms with Gasteiger partial charge >= 0.3 is 6.09 Å². The Morgan fingerprint density at radius 3 is 1.30 bits per heavy atom. The number of rotatable bonds is 7. The summed E-state index contributed by atoms with van der Waals surface area (Å²) in [5.41, 5.74) is 30.9. The second-order valence-corrected chi connectivity index (χ2v) is 28.6. The van der Waals surface area contributed by atoms with Gasteiger partial charge in [-0.05, 0) is 119 Å². The summed E-state index contributed by atoms with van der Waals surface area (Å²) in [6.45, 7) is 24.2. The molecule has 86 heavy (non-hydrogen) atoms. The third-order valence-electron chi connectivity index (χ3n) is 14.6. The first kappa shape index (κ1) is 66.6. The van der Waals surface area contributed by atoms with Gasteiger partial charge in [0.05, 0.1) is 85.1 Å². The van der Waals surface area contributed by atoms with Gasteiger partial charge < -0.3 is 67.1 Å². The molecular formula is C59H85N17O9Si. The van der Waals surface area contributed by atoms with E-state index in [9.17, 15) is 28.8 Å². The lowest BCUT2D eigenvalue weighted by Crippen LogP contribution is -2.53. The summed E-state index contributed by atoms with van der Waals surface area (Å²) in [4.78, 5) is 103. The second-order valence-electron chi connectivity index (χ2n) is 23.9. The van der Waals surface area contributed by atoms with Gasteiger partial charge in [-0.1, -0.05) is 27.7 Å². The number of piperidine rings is 1. The molecule has 5 aliphatic rings. The van der Waals surface area contributed by atoms with Gasteiger partial charge in [0.15, 0.2) is 8.32 Å². The first-order chi connectivity index (χ1) is 40.5. The Morgan fingerprint density at radius 1 is 0.535 bits per heavy atom. The van der Waals surface area contributed by atoms with Crippen LogP contribution in [0.3, 0.4) is 0 Å². The molecule has 0 bridgehead atoms. The van der Waals surface area contributed by atoms with Gasteiger partial charge in [-0.3, -0.25) is 33.8 Å². The van der Waals surface area contributed by atoms with Crippen molar-refractivity contribution in [2.75, 3.05) is 132 Å². The van der Waals surface area contributed by atoms with Gasteiger partial charge in [0.25, 0.3) is 5.91 Å². The smallest absolute Gasteiger partial charge is 0.410 e. The molecule has 0 spiro atoms. The normalized spacial score (nSPS) is 18.6. The number of aromatic nitrogens is 5. The molecule has 2 atom stereocenters. The molecular weight excluding hydrogens is 1120 g/mol. The van der Waals surface area contributed by atoms with E-state index in [1.807, 2.05) is 30.1 Å². The molecule has 10 N–H and O–H groups in total. The van der Waals surface area contributed by atoms with Crippen LogP contribution >= 0.6 is 0 Å². The maximum absolute atomic E-state index is 12.4. The monoisotopic (exact) mass is 1200 g/mol. The van der Waals surface area contributed by atoms with Crippen LogP contribution < -0.4 is 53.2 Å². The second kappa shape index (κ2) is 29.5. The van der Waals surface area contributed by atoms with Crippen LogP contribution in [0.1, 0.15) is 67.7 Å². The van der Waals surface area contributed by atoms with Gasteiger partial charge in [0, 0.05) is 52.2 Å². The molecule has 26 nitrogen and oxygen atoms in total. The molecule has 6 amide bonds. The number of ether oxygens (including phenoxy) is 2. The van der Waals surface area contributed by atoms with E-state index in [1.165, 1.54) is 4.90 Å². The van der Waals surface area contributed by atoms with Crippen molar-refractivity contribution in [2.45, 2.75) is 97.6 Å². The number of pyridine rings is 5. The fourth-order valence-corrected chi connectivity index (χ4v) is 10.4. The Balaban J connectivity index is 0.000000174. The van der Waals surface area contributed by atoms with Crippen molar-refractivity contribution < 1.29 is 42.7 Å².